The van der Waals surface area contributed by atoms with Gasteiger partial charge in [-0.2, -0.15) is 39.5 Å². The molecule has 0 spiro atoms. The molecule has 0 aromatic carbocycles. The number of halogens is 9. The first-order valence-electron chi connectivity index (χ1n) is 2.99. The van der Waals surface area contributed by atoms with E-state index >= 15 is 0 Å². The average molecular weight is 290 g/mol. The summed E-state index contributed by atoms with van der Waals surface area (Å²) >= 11 is -5.14. The van der Waals surface area contributed by atoms with Gasteiger partial charge in [0.1, 0.15) is 0 Å². The first-order valence-corrected chi connectivity index (χ1v) is 4.06. The largest absolute Gasteiger partial charge is 1.00 e. The summed E-state index contributed by atoms with van der Waals surface area (Å²) in [7, 11) is 0. The molecule has 98 valence electrons. The summed E-state index contributed by atoms with van der Waals surface area (Å²) < 4.78 is 125. The molecule has 0 amide bonds. The Labute approximate surface area is 102 Å². The Balaban J connectivity index is 0. The summed E-state index contributed by atoms with van der Waals surface area (Å²) in [5.41, 5.74) is 0. The van der Waals surface area contributed by atoms with Gasteiger partial charge < -0.3 is 4.55 Å². The molecule has 0 aliphatic heterocycles. The Bertz CT molecular complexity index is 300. The van der Waals surface area contributed by atoms with Crippen molar-refractivity contribution in [1.82, 2.24) is 0 Å². The van der Waals surface area contributed by atoms with Crippen molar-refractivity contribution in [2.45, 2.75) is 23.3 Å². The van der Waals surface area contributed by atoms with Crippen LogP contribution in [0.3, 0.4) is 0 Å². The normalized spacial score (nSPS) is 16.4. The smallest absolute Gasteiger partial charge is 0.768 e. The van der Waals surface area contributed by atoms with Crippen LogP contribution < -0.4 is 18.9 Å². The van der Waals surface area contributed by atoms with Gasteiger partial charge in [-0.05, 0) is 0 Å². The van der Waals surface area contributed by atoms with E-state index in [0.29, 0.717) is 0 Å². The summed E-state index contributed by atoms with van der Waals surface area (Å²) in [6.45, 7) is 0. The molecule has 13 heteroatoms. The number of rotatable bonds is 3. The summed E-state index contributed by atoms with van der Waals surface area (Å²) in [6, 6.07) is 0. The zero-order chi connectivity index (χ0) is 13.6. The third-order valence-electron chi connectivity index (χ3n) is 1.33. The van der Waals surface area contributed by atoms with Gasteiger partial charge in [0.05, 0.1) is 0 Å². The second-order valence-corrected chi connectivity index (χ2v) is 3.38. The summed E-state index contributed by atoms with van der Waals surface area (Å²) in [4.78, 5) is 0. The maximum absolute atomic E-state index is 12.1. The van der Waals surface area contributed by atoms with Gasteiger partial charge in [-0.15, -0.1) is 0 Å². The van der Waals surface area contributed by atoms with Gasteiger partial charge in [-0.25, -0.2) is 0 Å². The molecular formula is C4F9LiO2S. The molecule has 0 aromatic rings. The van der Waals surface area contributed by atoms with Crippen molar-refractivity contribution < 1.29 is 67.1 Å². The van der Waals surface area contributed by atoms with E-state index in [-0.39, 0.29) is 18.9 Å². The molecule has 0 fully saturated rings. The van der Waals surface area contributed by atoms with Crippen molar-refractivity contribution >= 4 is 11.1 Å². The monoisotopic (exact) mass is 290 g/mol. The standard InChI is InChI=1S/C4HF9O2S.Li/c5-1(6,3(9,10)11)2(7,8)4(12,13)16(14)15;/h(H,14,15);/q;+1/p-1. The van der Waals surface area contributed by atoms with Crippen LogP contribution >= 0.6 is 0 Å². The first kappa shape index (κ1) is 19.4. The SMILES string of the molecule is O=S([O-])C(F)(F)C(F)(F)C(F)(F)C(F)(F)F.[Li+]. The zero-order valence-electron chi connectivity index (χ0n) is 7.63. The molecule has 0 radical (unpaired) electrons. The second kappa shape index (κ2) is 4.98. The molecule has 0 N–H and O–H groups in total. The number of alkyl halides is 9. The van der Waals surface area contributed by atoms with Crippen LogP contribution in [0.15, 0.2) is 0 Å². The maximum atomic E-state index is 12.1. The molecule has 17 heavy (non-hydrogen) atoms. The molecule has 0 saturated carbocycles. The minimum absolute atomic E-state index is 0. The Morgan fingerprint density at radius 2 is 1.06 bits per heavy atom. The maximum Gasteiger partial charge on any atom is 1.00 e. The fraction of sp³-hybridized carbons (Fsp3) is 1.00. The van der Waals surface area contributed by atoms with Gasteiger partial charge in [0.15, 0.2) is 0 Å². The van der Waals surface area contributed by atoms with E-state index in [0.717, 1.165) is 0 Å². The van der Waals surface area contributed by atoms with E-state index in [9.17, 15) is 48.3 Å². The van der Waals surface area contributed by atoms with E-state index < -0.39 is 34.4 Å². The topological polar surface area (TPSA) is 40.1 Å². The van der Waals surface area contributed by atoms with Crippen LogP contribution in [0.1, 0.15) is 0 Å². The van der Waals surface area contributed by atoms with Crippen molar-refractivity contribution in [2.24, 2.45) is 0 Å². The van der Waals surface area contributed by atoms with Gasteiger partial charge in [0, 0.05) is 11.1 Å². The molecule has 0 aliphatic carbocycles. The minimum atomic E-state index is -7.18. The third-order valence-corrected chi connectivity index (χ3v) is 2.00. The summed E-state index contributed by atoms with van der Waals surface area (Å²) in [6.07, 6.45) is -7.01. The van der Waals surface area contributed by atoms with E-state index in [4.69, 9.17) is 0 Å². The van der Waals surface area contributed by atoms with Crippen LogP contribution in [0, 0.1) is 0 Å². The molecule has 1 atom stereocenters. The molecule has 1 unspecified atom stereocenters. The molecule has 0 bridgehead atoms. The third kappa shape index (κ3) is 2.91. The molecular weight excluding hydrogens is 290 g/mol. The Hall–Kier alpha value is 0.0774. The quantitative estimate of drug-likeness (QED) is 0.391. The van der Waals surface area contributed by atoms with Crippen LogP contribution in [0.25, 0.3) is 0 Å². The summed E-state index contributed by atoms with van der Waals surface area (Å²) in [5, 5.41) is -6.55. The van der Waals surface area contributed by atoms with Crippen LogP contribution in [0.5, 0.6) is 0 Å². The van der Waals surface area contributed by atoms with Gasteiger partial charge in [0.25, 0.3) is 0 Å². The van der Waals surface area contributed by atoms with Crippen LogP contribution in [-0.4, -0.2) is 32.0 Å². The van der Waals surface area contributed by atoms with Crippen molar-refractivity contribution in [3.05, 3.63) is 0 Å². The van der Waals surface area contributed by atoms with E-state index in [1.54, 1.807) is 0 Å². The van der Waals surface area contributed by atoms with E-state index in [1.165, 1.54) is 0 Å². The zero-order valence-corrected chi connectivity index (χ0v) is 8.44. The Morgan fingerprint density at radius 3 is 1.24 bits per heavy atom. The number of hydrogen-bond donors (Lipinski definition) is 0. The number of hydrogen-bond acceptors (Lipinski definition) is 2. The molecule has 0 aromatic heterocycles. The molecule has 0 saturated heterocycles. The molecule has 0 heterocycles. The fourth-order valence-electron chi connectivity index (χ4n) is 0.465. The van der Waals surface area contributed by atoms with E-state index in [2.05, 4.69) is 0 Å². The van der Waals surface area contributed by atoms with Gasteiger partial charge in [-0.1, -0.05) is 0 Å². The molecule has 0 aliphatic rings. The average Bonchev–Trinajstić information content (AvgIpc) is 2.00. The molecule has 2 nitrogen and oxygen atoms in total. The van der Waals surface area contributed by atoms with E-state index in [1.807, 2.05) is 0 Å². The van der Waals surface area contributed by atoms with Gasteiger partial charge >= 0.3 is 42.1 Å². The van der Waals surface area contributed by atoms with Crippen molar-refractivity contribution in [3.8, 4) is 0 Å². The van der Waals surface area contributed by atoms with Crippen LogP contribution in [0.2, 0.25) is 0 Å². The van der Waals surface area contributed by atoms with Crippen LogP contribution in [0.4, 0.5) is 39.5 Å². The van der Waals surface area contributed by atoms with Gasteiger partial charge in [-0.3, -0.25) is 4.21 Å². The molecule has 0 rings (SSSR count). The second-order valence-electron chi connectivity index (χ2n) is 2.40. The predicted octanol–water partition coefficient (Wildman–Crippen LogP) is -0.705. The van der Waals surface area contributed by atoms with Gasteiger partial charge in [0.2, 0.25) is 0 Å². The Kier molecular flexibility index (Phi) is 5.69. The fourth-order valence-corrected chi connectivity index (χ4v) is 0.803. The van der Waals surface area contributed by atoms with Crippen molar-refractivity contribution in [3.63, 3.8) is 0 Å². The summed E-state index contributed by atoms with van der Waals surface area (Å²) in [5.74, 6) is -14.3. The minimum Gasteiger partial charge on any atom is -0.768 e. The first-order chi connectivity index (χ1) is 6.69. The predicted molar refractivity (Wildman–Crippen MR) is 29.8 cm³/mol. The van der Waals surface area contributed by atoms with Crippen molar-refractivity contribution in [1.29, 1.82) is 0 Å². The van der Waals surface area contributed by atoms with Crippen LogP contribution in [-0.2, 0) is 11.1 Å². The Morgan fingerprint density at radius 1 is 0.765 bits per heavy atom. The van der Waals surface area contributed by atoms with Crippen molar-refractivity contribution in [2.75, 3.05) is 0 Å².